The molecule has 5 heteroatoms. The van der Waals surface area contributed by atoms with Crippen molar-refractivity contribution in [3.05, 3.63) is 35.9 Å². The van der Waals surface area contributed by atoms with E-state index in [0.717, 1.165) is 25.2 Å². The van der Waals surface area contributed by atoms with Crippen LogP contribution in [0.25, 0.3) is 0 Å². The van der Waals surface area contributed by atoms with Crippen molar-refractivity contribution >= 4 is 17.6 Å². The number of amidine groups is 1. The molecular weight excluding hydrogens is 270 g/mol. The molecule has 1 aromatic rings. The van der Waals surface area contributed by atoms with Crippen molar-refractivity contribution in [2.75, 3.05) is 19.6 Å². The molecule has 0 spiro atoms. The molecule has 0 saturated carbocycles. The fourth-order valence-corrected chi connectivity index (χ4v) is 4.20. The summed E-state index contributed by atoms with van der Waals surface area (Å²) in [6.45, 7) is 7.42. The number of thioether (sulfide) groups is 1. The number of benzene rings is 1. The van der Waals surface area contributed by atoms with Crippen LogP contribution in [0.2, 0.25) is 0 Å². The minimum Gasteiger partial charge on any atom is -0.409 e. The van der Waals surface area contributed by atoms with Crippen LogP contribution in [0.15, 0.2) is 35.5 Å². The molecule has 1 heterocycles. The van der Waals surface area contributed by atoms with E-state index < -0.39 is 0 Å². The number of hydrogen-bond donors (Lipinski definition) is 2. The lowest BCUT2D eigenvalue weighted by molar-refractivity contribution is 0.264. The van der Waals surface area contributed by atoms with Crippen molar-refractivity contribution < 1.29 is 5.21 Å². The average molecular weight is 293 g/mol. The highest BCUT2D eigenvalue weighted by Crippen LogP contribution is 2.27. The van der Waals surface area contributed by atoms with E-state index >= 15 is 0 Å². The van der Waals surface area contributed by atoms with Crippen molar-refractivity contribution in [3.8, 4) is 0 Å². The Morgan fingerprint density at radius 1 is 1.35 bits per heavy atom. The van der Waals surface area contributed by atoms with Gasteiger partial charge >= 0.3 is 0 Å². The van der Waals surface area contributed by atoms with E-state index in [9.17, 15) is 0 Å². The van der Waals surface area contributed by atoms with Crippen LogP contribution in [-0.2, 0) is 0 Å². The minimum atomic E-state index is -0.0521. The SMILES string of the molecule is CC1CN(CC(C(N)=NO)c2ccccc2)CC(C)S1. The number of rotatable bonds is 4. The molecule has 20 heavy (non-hydrogen) atoms. The van der Waals surface area contributed by atoms with Gasteiger partial charge in [-0.05, 0) is 5.56 Å². The summed E-state index contributed by atoms with van der Waals surface area (Å²) >= 11 is 2.03. The van der Waals surface area contributed by atoms with Crippen molar-refractivity contribution in [3.63, 3.8) is 0 Å². The lowest BCUT2D eigenvalue weighted by Crippen LogP contribution is -2.44. The van der Waals surface area contributed by atoms with Crippen LogP contribution in [0.3, 0.4) is 0 Å². The molecule has 0 bridgehead atoms. The Kier molecular flexibility index (Phi) is 5.31. The van der Waals surface area contributed by atoms with Gasteiger partial charge in [0.05, 0.1) is 5.92 Å². The number of hydrogen-bond acceptors (Lipinski definition) is 4. The van der Waals surface area contributed by atoms with E-state index in [1.54, 1.807) is 0 Å². The molecule has 1 aromatic carbocycles. The molecule has 1 aliphatic rings. The van der Waals surface area contributed by atoms with Gasteiger partial charge in [0.2, 0.25) is 0 Å². The van der Waals surface area contributed by atoms with Crippen LogP contribution in [0.5, 0.6) is 0 Å². The Bertz CT molecular complexity index is 442. The average Bonchev–Trinajstić information content (AvgIpc) is 2.44. The molecule has 3 atom stereocenters. The second-order valence-electron chi connectivity index (χ2n) is 5.46. The van der Waals surface area contributed by atoms with E-state index in [4.69, 9.17) is 10.9 Å². The molecule has 0 amide bonds. The molecule has 0 radical (unpaired) electrons. The quantitative estimate of drug-likeness (QED) is 0.387. The number of nitrogens with two attached hydrogens (primary N) is 1. The van der Waals surface area contributed by atoms with Crippen molar-refractivity contribution in [1.29, 1.82) is 0 Å². The summed E-state index contributed by atoms with van der Waals surface area (Å²) in [5.74, 6) is 0.235. The molecule has 0 aromatic heterocycles. The fourth-order valence-electron chi connectivity index (χ4n) is 2.82. The molecule has 0 aliphatic carbocycles. The molecule has 1 saturated heterocycles. The van der Waals surface area contributed by atoms with E-state index in [1.165, 1.54) is 0 Å². The van der Waals surface area contributed by atoms with E-state index in [1.807, 2.05) is 42.1 Å². The van der Waals surface area contributed by atoms with Gasteiger partial charge in [0.15, 0.2) is 0 Å². The third-order valence-corrected chi connectivity index (χ3v) is 4.84. The van der Waals surface area contributed by atoms with Gasteiger partial charge in [-0.15, -0.1) is 0 Å². The zero-order chi connectivity index (χ0) is 14.5. The summed E-state index contributed by atoms with van der Waals surface area (Å²) in [7, 11) is 0. The Morgan fingerprint density at radius 3 is 2.50 bits per heavy atom. The standard InChI is InChI=1S/C15H23N3OS/c1-11-8-18(9-12(2)20-11)10-14(15(16)17-19)13-6-4-3-5-7-13/h3-7,11-12,14,19H,8-10H2,1-2H3,(H2,16,17). The van der Waals surface area contributed by atoms with Gasteiger partial charge in [-0.3, -0.25) is 0 Å². The van der Waals surface area contributed by atoms with Crippen LogP contribution in [0, 0.1) is 0 Å². The Balaban J connectivity index is 2.12. The number of nitrogens with zero attached hydrogens (tertiary/aromatic N) is 2. The second-order valence-corrected chi connectivity index (χ2v) is 7.35. The molecular formula is C15H23N3OS. The van der Waals surface area contributed by atoms with E-state index in [-0.39, 0.29) is 11.8 Å². The van der Waals surface area contributed by atoms with Crippen LogP contribution >= 0.6 is 11.8 Å². The summed E-state index contributed by atoms with van der Waals surface area (Å²) < 4.78 is 0. The van der Waals surface area contributed by atoms with Gasteiger partial charge in [0, 0.05) is 30.1 Å². The highest BCUT2D eigenvalue weighted by atomic mass is 32.2. The van der Waals surface area contributed by atoms with Gasteiger partial charge < -0.3 is 15.8 Å². The summed E-state index contributed by atoms with van der Waals surface area (Å²) in [4.78, 5) is 2.42. The lowest BCUT2D eigenvalue weighted by Gasteiger charge is -2.36. The molecule has 3 N–H and O–H groups in total. The van der Waals surface area contributed by atoms with Crippen LogP contribution in [-0.4, -0.2) is 46.1 Å². The van der Waals surface area contributed by atoms with Crippen molar-refractivity contribution in [1.82, 2.24) is 4.90 Å². The molecule has 1 aliphatic heterocycles. The van der Waals surface area contributed by atoms with Gasteiger partial charge in [-0.2, -0.15) is 11.8 Å². The summed E-state index contributed by atoms with van der Waals surface area (Å²) in [6, 6.07) is 10.0. The van der Waals surface area contributed by atoms with Crippen LogP contribution < -0.4 is 5.73 Å². The second kappa shape index (κ2) is 6.99. The van der Waals surface area contributed by atoms with Gasteiger partial charge in [0.25, 0.3) is 0 Å². The monoisotopic (exact) mass is 293 g/mol. The van der Waals surface area contributed by atoms with Gasteiger partial charge in [-0.1, -0.05) is 49.3 Å². The van der Waals surface area contributed by atoms with Crippen LogP contribution in [0.1, 0.15) is 25.3 Å². The maximum atomic E-state index is 9.04. The Labute approximate surface area is 125 Å². The zero-order valence-electron chi connectivity index (χ0n) is 12.1. The fraction of sp³-hybridized carbons (Fsp3) is 0.533. The van der Waals surface area contributed by atoms with Gasteiger partial charge in [-0.25, -0.2) is 0 Å². The molecule has 1 fully saturated rings. The largest absolute Gasteiger partial charge is 0.409 e. The normalized spacial score (nSPS) is 26.4. The Hall–Kier alpha value is -1.20. The van der Waals surface area contributed by atoms with Crippen molar-refractivity contribution in [2.24, 2.45) is 10.9 Å². The van der Waals surface area contributed by atoms with Gasteiger partial charge in [0.1, 0.15) is 5.84 Å². The smallest absolute Gasteiger partial charge is 0.147 e. The molecule has 110 valence electrons. The predicted octanol–water partition coefficient (Wildman–Crippen LogP) is 2.34. The maximum absolute atomic E-state index is 9.04. The maximum Gasteiger partial charge on any atom is 0.147 e. The first-order valence-electron chi connectivity index (χ1n) is 7.00. The first kappa shape index (κ1) is 15.2. The van der Waals surface area contributed by atoms with Crippen molar-refractivity contribution in [2.45, 2.75) is 30.3 Å². The Morgan fingerprint density at radius 2 is 1.95 bits per heavy atom. The highest BCUT2D eigenvalue weighted by molar-refractivity contribution is 8.00. The molecule has 3 unspecified atom stereocenters. The zero-order valence-corrected chi connectivity index (χ0v) is 12.9. The lowest BCUT2D eigenvalue weighted by atomic mass is 9.97. The number of oxime groups is 1. The predicted molar refractivity (Wildman–Crippen MR) is 85.5 cm³/mol. The topological polar surface area (TPSA) is 61.8 Å². The minimum absolute atomic E-state index is 0.0521. The summed E-state index contributed by atoms with van der Waals surface area (Å²) in [5, 5.41) is 13.5. The summed E-state index contributed by atoms with van der Waals surface area (Å²) in [6.07, 6.45) is 0. The molecule has 2 rings (SSSR count). The first-order chi connectivity index (χ1) is 9.60. The third kappa shape index (κ3) is 3.90. The van der Waals surface area contributed by atoms with E-state index in [0.29, 0.717) is 10.5 Å². The first-order valence-corrected chi connectivity index (χ1v) is 7.94. The third-order valence-electron chi connectivity index (χ3n) is 3.61. The molecule has 4 nitrogen and oxygen atoms in total. The summed E-state index contributed by atoms with van der Waals surface area (Å²) in [5.41, 5.74) is 7.00. The van der Waals surface area contributed by atoms with Crippen LogP contribution in [0.4, 0.5) is 0 Å². The van der Waals surface area contributed by atoms with E-state index in [2.05, 4.69) is 23.9 Å². The highest BCUT2D eigenvalue weighted by Gasteiger charge is 2.26.